The zero-order valence-electron chi connectivity index (χ0n) is 10.1. The van der Waals surface area contributed by atoms with E-state index in [2.05, 4.69) is 36.7 Å². The topological polar surface area (TPSA) is 20.3 Å². The van der Waals surface area contributed by atoms with Crippen molar-refractivity contribution in [1.82, 2.24) is 4.90 Å². The van der Waals surface area contributed by atoms with Gasteiger partial charge in [-0.2, -0.15) is 0 Å². The molecule has 0 spiro atoms. The van der Waals surface area contributed by atoms with E-state index < -0.39 is 0 Å². The Balaban J connectivity index is 4.26. The summed E-state index contributed by atoms with van der Waals surface area (Å²) in [6, 6.07) is 0. The molecule has 0 aromatic heterocycles. The lowest BCUT2D eigenvalue weighted by atomic mass is 9.96. The number of carbonyl (C=O) groups excluding carboxylic acids is 1. The van der Waals surface area contributed by atoms with Gasteiger partial charge in [-0.25, -0.2) is 0 Å². The fraction of sp³-hybridized carbons (Fsp3) is 0.909. The average molecular weight is 264 g/mol. The molecule has 0 aromatic rings. The van der Waals surface area contributed by atoms with Crippen LogP contribution in [-0.2, 0) is 4.79 Å². The van der Waals surface area contributed by atoms with E-state index in [1.54, 1.807) is 4.90 Å². The second-order valence-electron chi connectivity index (χ2n) is 5.40. The molecule has 0 aliphatic rings. The Morgan fingerprint density at radius 3 is 2.07 bits per heavy atom. The van der Waals surface area contributed by atoms with Crippen molar-refractivity contribution in [3.05, 3.63) is 0 Å². The SMILES string of the molecule is CC(C)C(Br)C(=O)N(C)CC(C)(C)C. The highest BCUT2D eigenvalue weighted by molar-refractivity contribution is 9.10. The largest absolute Gasteiger partial charge is 0.344 e. The molecule has 0 aromatic carbocycles. The zero-order chi connectivity index (χ0) is 11.5. The molecule has 0 saturated heterocycles. The Kier molecular flexibility index (Phi) is 5.13. The van der Waals surface area contributed by atoms with Crippen molar-refractivity contribution in [3.8, 4) is 0 Å². The highest BCUT2D eigenvalue weighted by atomic mass is 79.9. The lowest BCUT2D eigenvalue weighted by molar-refractivity contribution is -0.131. The van der Waals surface area contributed by atoms with Gasteiger partial charge in [0.1, 0.15) is 0 Å². The Labute approximate surface area is 96.2 Å². The first-order chi connectivity index (χ1) is 6.15. The molecule has 3 heteroatoms. The van der Waals surface area contributed by atoms with Crippen molar-refractivity contribution >= 4 is 21.8 Å². The number of hydrogen-bond donors (Lipinski definition) is 0. The third-order valence-corrected chi connectivity index (χ3v) is 3.36. The summed E-state index contributed by atoms with van der Waals surface area (Å²) in [5.74, 6) is 0.514. The summed E-state index contributed by atoms with van der Waals surface area (Å²) in [4.78, 5) is 13.6. The zero-order valence-corrected chi connectivity index (χ0v) is 11.7. The fourth-order valence-corrected chi connectivity index (χ4v) is 1.63. The van der Waals surface area contributed by atoms with E-state index in [0.29, 0.717) is 5.92 Å². The maximum absolute atomic E-state index is 11.8. The minimum Gasteiger partial charge on any atom is -0.344 e. The summed E-state index contributed by atoms with van der Waals surface area (Å²) in [6.45, 7) is 11.3. The molecule has 2 nitrogen and oxygen atoms in total. The maximum Gasteiger partial charge on any atom is 0.236 e. The smallest absolute Gasteiger partial charge is 0.236 e. The van der Waals surface area contributed by atoms with E-state index >= 15 is 0 Å². The van der Waals surface area contributed by atoms with E-state index in [4.69, 9.17) is 0 Å². The number of alkyl halides is 1. The average Bonchev–Trinajstić information content (AvgIpc) is 1.98. The molecular formula is C11H22BrNO. The standard InChI is InChI=1S/C11H22BrNO/c1-8(2)9(12)10(14)13(6)7-11(3,4)5/h8-9H,7H2,1-6H3. The number of hydrogen-bond acceptors (Lipinski definition) is 1. The Hall–Kier alpha value is -0.0500. The van der Waals surface area contributed by atoms with Crippen LogP contribution in [0.25, 0.3) is 0 Å². The molecule has 1 atom stereocenters. The second-order valence-corrected chi connectivity index (χ2v) is 6.39. The van der Waals surface area contributed by atoms with Crippen molar-refractivity contribution in [3.63, 3.8) is 0 Å². The molecule has 0 rings (SSSR count). The number of rotatable bonds is 3. The molecular weight excluding hydrogens is 242 g/mol. The van der Waals surface area contributed by atoms with Gasteiger partial charge >= 0.3 is 0 Å². The van der Waals surface area contributed by atoms with Gasteiger partial charge in [0.15, 0.2) is 0 Å². The van der Waals surface area contributed by atoms with Gasteiger partial charge < -0.3 is 4.90 Å². The van der Waals surface area contributed by atoms with Crippen LogP contribution in [0.4, 0.5) is 0 Å². The normalized spacial score (nSPS) is 14.3. The third kappa shape index (κ3) is 4.99. The van der Waals surface area contributed by atoms with E-state index in [1.165, 1.54) is 0 Å². The van der Waals surface area contributed by atoms with Gasteiger partial charge in [0.05, 0.1) is 4.83 Å². The Morgan fingerprint density at radius 1 is 1.36 bits per heavy atom. The summed E-state index contributed by atoms with van der Waals surface area (Å²) in [5.41, 5.74) is 0.161. The fourth-order valence-electron chi connectivity index (χ4n) is 1.29. The van der Waals surface area contributed by atoms with E-state index in [0.717, 1.165) is 6.54 Å². The molecule has 1 amide bonds. The molecule has 0 radical (unpaired) electrons. The van der Waals surface area contributed by atoms with Gasteiger partial charge in [-0.15, -0.1) is 0 Å². The van der Waals surface area contributed by atoms with Gasteiger partial charge in [0.2, 0.25) is 5.91 Å². The first kappa shape index (κ1) is 13.9. The second kappa shape index (κ2) is 5.15. The highest BCUT2D eigenvalue weighted by Gasteiger charge is 2.24. The third-order valence-electron chi connectivity index (χ3n) is 1.91. The summed E-state index contributed by atoms with van der Waals surface area (Å²) in [6.07, 6.45) is 0. The predicted molar refractivity (Wildman–Crippen MR) is 64.6 cm³/mol. The van der Waals surface area contributed by atoms with Gasteiger partial charge in [0, 0.05) is 13.6 Å². The predicted octanol–water partition coefficient (Wildman–Crippen LogP) is 2.91. The number of carbonyl (C=O) groups is 1. The van der Waals surface area contributed by atoms with Crippen LogP contribution in [-0.4, -0.2) is 29.2 Å². The molecule has 1 unspecified atom stereocenters. The molecule has 0 N–H and O–H groups in total. The van der Waals surface area contributed by atoms with Crippen molar-refractivity contribution in [2.24, 2.45) is 11.3 Å². The molecule has 0 heterocycles. The quantitative estimate of drug-likeness (QED) is 0.718. The van der Waals surface area contributed by atoms with E-state index in [-0.39, 0.29) is 16.1 Å². The van der Waals surface area contributed by atoms with Gasteiger partial charge in [-0.05, 0) is 11.3 Å². The lowest BCUT2D eigenvalue weighted by Gasteiger charge is -2.29. The van der Waals surface area contributed by atoms with E-state index in [1.807, 2.05) is 20.9 Å². The van der Waals surface area contributed by atoms with Crippen LogP contribution in [0.5, 0.6) is 0 Å². The monoisotopic (exact) mass is 263 g/mol. The van der Waals surface area contributed by atoms with Crippen molar-refractivity contribution in [2.45, 2.75) is 39.4 Å². The molecule has 0 aliphatic carbocycles. The van der Waals surface area contributed by atoms with Crippen LogP contribution in [0.3, 0.4) is 0 Å². The van der Waals surface area contributed by atoms with Gasteiger partial charge in [-0.1, -0.05) is 50.5 Å². The van der Waals surface area contributed by atoms with Gasteiger partial charge in [-0.3, -0.25) is 4.79 Å². The lowest BCUT2D eigenvalue weighted by Crippen LogP contribution is -2.40. The molecule has 0 fully saturated rings. The van der Waals surface area contributed by atoms with Crippen molar-refractivity contribution in [2.75, 3.05) is 13.6 Å². The van der Waals surface area contributed by atoms with Crippen molar-refractivity contribution in [1.29, 1.82) is 0 Å². The molecule has 14 heavy (non-hydrogen) atoms. The van der Waals surface area contributed by atoms with Crippen LogP contribution in [0.15, 0.2) is 0 Å². The van der Waals surface area contributed by atoms with Gasteiger partial charge in [0.25, 0.3) is 0 Å². The molecule has 0 saturated carbocycles. The van der Waals surface area contributed by atoms with Crippen LogP contribution in [0.1, 0.15) is 34.6 Å². The first-order valence-electron chi connectivity index (χ1n) is 5.04. The number of halogens is 1. The van der Waals surface area contributed by atoms with Crippen molar-refractivity contribution < 1.29 is 4.79 Å². The summed E-state index contributed by atoms with van der Waals surface area (Å²) in [7, 11) is 1.87. The van der Waals surface area contributed by atoms with Crippen LogP contribution in [0.2, 0.25) is 0 Å². The summed E-state index contributed by atoms with van der Waals surface area (Å²) in [5, 5.41) is 0. The first-order valence-corrected chi connectivity index (χ1v) is 5.96. The number of nitrogens with zero attached hydrogens (tertiary/aromatic N) is 1. The highest BCUT2D eigenvalue weighted by Crippen LogP contribution is 2.19. The van der Waals surface area contributed by atoms with Crippen LogP contribution < -0.4 is 0 Å². The van der Waals surface area contributed by atoms with E-state index in [9.17, 15) is 4.79 Å². The Bertz CT molecular complexity index is 196. The molecule has 84 valence electrons. The summed E-state index contributed by atoms with van der Waals surface area (Å²) < 4.78 is 0. The minimum absolute atomic E-state index is 0.0603. The van der Waals surface area contributed by atoms with Crippen LogP contribution in [0, 0.1) is 11.3 Å². The number of amides is 1. The molecule has 0 bridgehead atoms. The van der Waals surface area contributed by atoms with Crippen LogP contribution >= 0.6 is 15.9 Å². The minimum atomic E-state index is -0.0603. The Morgan fingerprint density at radius 2 is 1.79 bits per heavy atom. The maximum atomic E-state index is 11.8. The molecule has 0 aliphatic heterocycles. The summed E-state index contributed by atoms with van der Waals surface area (Å²) >= 11 is 3.42.